The van der Waals surface area contributed by atoms with Crippen molar-refractivity contribution in [1.82, 2.24) is 14.5 Å². The van der Waals surface area contributed by atoms with Crippen LogP contribution in [0.1, 0.15) is 24.0 Å². The summed E-state index contributed by atoms with van der Waals surface area (Å²) in [6.45, 7) is 5.62. The molecule has 1 aliphatic rings. The zero-order chi connectivity index (χ0) is 23.1. The van der Waals surface area contributed by atoms with Gasteiger partial charge >= 0.3 is 5.69 Å². The number of pyridine rings is 1. The summed E-state index contributed by atoms with van der Waals surface area (Å²) in [6, 6.07) is 13.6. The zero-order valence-corrected chi connectivity index (χ0v) is 18.8. The van der Waals surface area contributed by atoms with Crippen LogP contribution in [-0.4, -0.2) is 33.7 Å². The minimum atomic E-state index is -0.479. The molecule has 0 atom stereocenters. The molecule has 0 bridgehead atoms. The van der Waals surface area contributed by atoms with Crippen molar-refractivity contribution in [2.24, 2.45) is 5.73 Å². The number of nitrogens with zero attached hydrogens (tertiary/aromatic N) is 3. The molecule has 2 aromatic carbocycles. The Morgan fingerprint density at radius 2 is 1.70 bits per heavy atom. The molecule has 3 heterocycles. The van der Waals surface area contributed by atoms with Crippen molar-refractivity contribution in [3.63, 3.8) is 0 Å². The van der Waals surface area contributed by atoms with Gasteiger partial charge in [0, 0.05) is 30.9 Å². The second-order valence-corrected chi connectivity index (χ2v) is 8.87. The molecule has 7 heteroatoms. The van der Waals surface area contributed by atoms with Crippen molar-refractivity contribution in [2.45, 2.75) is 32.7 Å². The number of hydrogen-bond donors (Lipinski definition) is 2. The molecule has 168 valence electrons. The monoisotopic (exact) mass is 441 g/mol. The van der Waals surface area contributed by atoms with Crippen LogP contribution in [0.5, 0.6) is 0 Å². The average molecular weight is 442 g/mol. The Morgan fingerprint density at radius 1 is 1.00 bits per heavy atom. The molecular formula is C26H27N5O2. The minimum absolute atomic E-state index is 0.156. The van der Waals surface area contributed by atoms with Crippen molar-refractivity contribution < 1.29 is 0 Å². The van der Waals surface area contributed by atoms with Crippen molar-refractivity contribution in [3.8, 4) is 16.8 Å². The summed E-state index contributed by atoms with van der Waals surface area (Å²) in [5.41, 5.74) is 11.4. The molecule has 1 saturated heterocycles. The summed E-state index contributed by atoms with van der Waals surface area (Å²) < 4.78 is 1.21. The summed E-state index contributed by atoms with van der Waals surface area (Å²) in [5, 5.41) is 0.459. The summed E-state index contributed by atoms with van der Waals surface area (Å²) in [4.78, 5) is 36.2. The quantitative estimate of drug-likeness (QED) is 0.509. The second-order valence-electron chi connectivity index (χ2n) is 8.87. The number of nitrogens with one attached hydrogen (secondary N) is 1. The van der Waals surface area contributed by atoms with Crippen molar-refractivity contribution in [2.75, 3.05) is 18.0 Å². The summed E-state index contributed by atoms with van der Waals surface area (Å²) in [5.74, 6) is 0. The fraction of sp³-hybridized carbons (Fsp3) is 0.269. The molecule has 0 amide bonds. The van der Waals surface area contributed by atoms with Crippen LogP contribution in [0.25, 0.3) is 27.7 Å². The molecule has 0 saturated carbocycles. The first kappa shape index (κ1) is 21.2. The van der Waals surface area contributed by atoms with Gasteiger partial charge in [-0.05, 0) is 44.4 Å². The third-order valence-corrected chi connectivity index (χ3v) is 6.33. The highest BCUT2D eigenvalue weighted by molar-refractivity contribution is 5.85. The van der Waals surface area contributed by atoms with Crippen LogP contribution in [0.15, 0.2) is 64.4 Å². The van der Waals surface area contributed by atoms with Crippen molar-refractivity contribution in [3.05, 3.63) is 86.8 Å². The minimum Gasteiger partial charge on any atom is -0.369 e. The zero-order valence-electron chi connectivity index (χ0n) is 18.8. The van der Waals surface area contributed by atoms with Gasteiger partial charge in [-0.2, -0.15) is 0 Å². The Bertz CT molecular complexity index is 1440. The standard InChI is InChI=1S/C26H27N5O2/c1-16-11-17(2)13-18(12-16)21-14-28-15-23(24(21)30-9-7-19(27)8-10-30)31-25(32)20-5-3-4-6-22(20)29-26(31)33/h3-6,11-15,19H,7-10,27H2,1-2H3,(H,29,33). The number of rotatable bonds is 3. The molecule has 0 aliphatic carbocycles. The number of fused-ring (bicyclic) bond motifs is 1. The lowest BCUT2D eigenvalue weighted by Crippen LogP contribution is -2.41. The van der Waals surface area contributed by atoms with Crippen LogP contribution in [0.2, 0.25) is 0 Å². The number of aromatic nitrogens is 3. The maximum atomic E-state index is 13.5. The summed E-state index contributed by atoms with van der Waals surface area (Å²) >= 11 is 0. The van der Waals surface area contributed by atoms with E-state index < -0.39 is 5.69 Å². The van der Waals surface area contributed by atoms with Gasteiger partial charge in [-0.1, -0.05) is 41.5 Å². The Balaban J connectivity index is 1.81. The molecule has 3 N–H and O–H groups in total. The van der Waals surface area contributed by atoms with Gasteiger partial charge in [0.25, 0.3) is 5.56 Å². The molecule has 1 fully saturated rings. The molecule has 2 aromatic heterocycles. The molecular weight excluding hydrogens is 414 g/mol. The van der Waals surface area contributed by atoms with Crippen molar-refractivity contribution in [1.29, 1.82) is 0 Å². The highest BCUT2D eigenvalue weighted by atomic mass is 16.2. The Labute approximate surface area is 191 Å². The third-order valence-electron chi connectivity index (χ3n) is 6.33. The van der Waals surface area contributed by atoms with E-state index in [1.54, 1.807) is 30.5 Å². The number of hydrogen-bond acceptors (Lipinski definition) is 5. The number of anilines is 1. The van der Waals surface area contributed by atoms with Crippen LogP contribution in [-0.2, 0) is 0 Å². The Morgan fingerprint density at radius 3 is 2.42 bits per heavy atom. The fourth-order valence-electron chi connectivity index (χ4n) is 4.78. The lowest BCUT2D eigenvalue weighted by atomic mass is 9.98. The third kappa shape index (κ3) is 3.85. The highest BCUT2D eigenvalue weighted by Gasteiger charge is 2.25. The second kappa shape index (κ2) is 8.33. The first-order chi connectivity index (χ1) is 15.9. The molecule has 33 heavy (non-hydrogen) atoms. The Kier molecular flexibility index (Phi) is 5.34. The van der Waals surface area contributed by atoms with Gasteiger partial charge in [-0.15, -0.1) is 0 Å². The van der Waals surface area contributed by atoms with Crippen LogP contribution in [0, 0.1) is 13.8 Å². The van der Waals surface area contributed by atoms with Crippen LogP contribution in [0.3, 0.4) is 0 Å². The number of aryl methyl sites for hydroxylation is 2. The maximum absolute atomic E-state index is 13.5. The van der Waals surface area contributed by atoms with Crippen LogP contribution in [0.4, 0.5) is 5.69 Å². The van der Waals surface area contributed by atoms with Gasteiger partial charge in [0.15, 0.2) is 0 Å². The molecule has 0 unspecified atom stereocenters. The largest absolute Gasteiger partial charge is 0.369 e. The number of nitrogens with two attached hydrogens (primary N) is 1. The SMILES string of the molecule is Cc1cc(C)cc(-c2cncc(-n3c(=O)[nH]c4ccccc4c3=O)c2N2CCC(N)CC2)c1. The van der Waals surface area contributed by atoms with Crippen LogP contribution >= 0.6 is 0 Å². The van der Waals surface area contributed by atoms with E-state index in [2.05, 4.69) is 46.9 Å². The number of para-hydroxylation sites is 1. The van der Waals surface area contributed by atoms with Gasteiger partial charge in [0.2, 0.25) is 0 Å². The summed E-state index contributed by atoms with van der Waals surface area (Å²) in [6.07, 6.45) is 5.12. The number of piperidine rings is 1. The van der Waals surface area contributed by atoms with E-state index >= 15 is 0 Å². The topological polar surface area (TPSA) is 97.0 Å². The van der Waals surface area contributed by atoms with Gasteiger partial charge in [-0.25, -0.2) is 9.36 Å². The van der Waals surface area contributed by atoms with Crippen LogP contribution < -0.4 is 21.9 Å². The lowest BCUT2D eigenvalue weighted by molar-refractivity contribution is 0.501. The molecule has 5 rings (SSSR count). The average Bonchev–Trinajstić information content (AvgIpc) is 2.79. The van der Waals surface area contributed by atoms with E-state index in [1.165, 1.54) is 4.57 Å². The van der Waals surface area contributed by atoms with E-state index in [9.17, 15) is 9.59 Å². The lowest BCUT2D eigenvalue weighted by Gasteiger charge is -2.34. The molecule has 0 radical (unpaired) electrons. The molecule has 7 nitrogen and oxygen atoms in total. The number of aromatic amines is 1. The normalized spacial score (nSPS) is 14.7. The maximum Gasteiger partial charge on any atom is 0.333 e. The predicted octanol–water partition coefficient (Wildman–Crippen LogP) is 3.29. The van der Waals surface area contributed by atoms with E-state index in [4.69, 9.17) is 5.73 Å². The molecule has 4 aromatic rings. The number of benzene rings is 2. The smallest absolute Gasteiger partial charge is 0.333 e. The van der Waals surface area contributed by atoms with Gasteiger partial charge in [-0.3, -0.25) is 9.78 Å². The fourth-order valence-corrected chi connectivity index (χ4v) is 4.78. The Hall–Kier alpha value is -3.71. The van der Waals surface area contributed by atoms with E-state index in [1.807, 2.05) is 6.20 Å². The van der Waals surface area contributed by atoms with Gasteiger partial charge in [0.05, 0.1) is 28.5 Å². The number of H-pyrrole nitrogens is 1. The van der Waals surface area contributed by atoms with E-state index in [-0.39, 0.29) is 11.6 Å². The predicted molar refractivity (Wildman–Crippen MR) is 132 cm³/mol. The van der Waals surface area contributed by atoms with E-state index in [0.29, 0.717) is 16.6 Å². The first-order valence-electron chi connectivity index (χ1n) is 11.2. The van der Waals surface area contributed by atoms with E-state index in [0.717, 1.165) is 53.9 Å². The van der Waals surface area contributed by atoms with Crippen molar-refractivity contribution >= 4 is 16.6 Å². The molecule has 0 spiro atoms. The van der Waals surface area contributed by atoms with Gasteiger partial charge in [0.1, 0.15) is 0 Å². The summed E-state index contributed by atoms with van der Waals surface area (Å²) in [7, 11) is 0. The van der Waals surface area contributed by atoms with Gasteiger partial charge < -0.3 is 15.6 Å². The molecule has 1 aliphatic heterocycles. The highest BCUT2D eigenvalue weighted by Crippen LogP contribution is 2.37. The first-order valence-corrected chi connectivity index (χ1v) is 11.2.